The zero-order chi connectivity index (χ0) is 15.3. The van der Waals surface area contributed by atoms with Crippen LogP contribution >= 0.6 is 0 Å². The van der Waals surface area contributed by atoms with E-state index in [1.165, 1.54) is 0 Å². The minimum Gasteiger partial charge on any atom is -0.367 e. The van der Waals surface area contributed by atoms with Crippen molar-refractivity contribution in [3.63, 3.8) is 0 Å². The van der Waals surface area contributed by atoms with Crippen LogP contribution in [0.1, 0.15) is 71.0 Å². The zero-order valence-corrected chi connectivity index (χ0v) is 13.6. The molecule has 2 heterocycles. The highest BCUT2D eigenvalue weighted by molar-refractivity contribution is 5.09. The van der Waals surface area contributed by atoms with Gasteiger partial charge in [0.15, 0.2) is 0 Å². The van der Waals surface area contributed by atoms with Crippen LogP contribution in [0.25, 0.3) is 0 Å². The highest BCUT2D eigenvalue weighted by atomic mass is 16.5. The lowest BCUT2D eigenvalue weighted by atomic mass is 9.61. The number of ether oxygens (including phenoxy) is 1. The van der Waals surface area contributed by atoms with Gasteiger partial charge in [0, 0.05) is 18.6 Å². The summed E-state index contributed by atoms with van der Waals surface area (Å²) in [7, 11) is 0. The molecule has 0 bridgehead atoms. The van der Waals surface area contributed by atoms with Crippen molar-refractivity contribution in [2.75, 3.05) is 6.61 Å². The molecule has 1 saturated heterocycles. The molecular formula is C16H27N3O2. The van der Waals surface area contributed by atoms with Gasteiger partial charge >= 0.3 is 0 Å². The van der Waals surface area contributed by atoms with Gasteiger partial charge in [0.1, 0.15) is 5.60 Å². The van der Waals surface area contributed by atoms with E-state index in [9.17, 15) is 0 Å². The Morgan fingerprint density at radius 2 is 2.00 bits per heavy atom. The Hall–Kier alpha value is -0.940. The van der Waals surface area contributed by atoms with Crippen molar-refractivity contribution in [2.45, 2.75) is 70.9 Å². The summed E-state index contributed by atoms with van der Waals surface area (Å²) in [5.41, 5.74) is 5.93. The van der Waals surface area contributed by atoms with Gasteiger partial charge in [0.05, 0.1) is 0 Å². The molecule has 3 rings (SSSR count). The first-order valence-corrected chi connectivity index (χ1v) is 8.08. The maximum absolute atomic E-state index is 6.23. The van der Waals surface area contributed by atoms with Crippen molar-refractivity contribution in [1.29, 1.82) is 0 Å². The van der Waals surface area contributed by atoms with Crippen molar-refractivity contribution >= 4 is 0 Å². The normalized spacial score (nSPS) is 39.6. The lowest BCUT2D eigenvalue weighted by Gasteiger charge is -2.45. The van der Waals surface area contributed by atoms with E-state index in [1.54, 1.807) is 0 Å². The molecule has 1 saturated carbocycles. The van der Waals surface area contributed by atoms with Crippen LogP contribution in [-0.4, -0.2) is 22.8 Å². The number of nitrogens with two attached hydrogens (primary N) is 1. The number of aromatic nitrogens is 2. The van der Waals surface area contributed by atoms with E-state index in [4.69, 9.17) is 20.0 Å². The predicted octanol–water partition coefficient (Wildman–Crippen LogP) is 2.96. The Morgan fingerprint density at radius 1 is 1.24 bits per heavy atom. The molecule has 2 N–H and O–H groups in total. The highest BCUT2D eigenvalue weighted by Gasteiger charge is 2.46. The number of hydrogen-bond donors (Lipinski definition) is 1. The van der Waals surface area contributed by atoms with Gasteiger partial charge < -0.3 is 15.0 Å². The summed E-state index contributed by atoms with van der Waals surface area (Å²) >= 11 is 0. The quantitative estimate of drug-likeness (QED) is 0.907. The van der Waals surface area contributed by atoms with E-state index in [0.717, 1.165) is 38.2 Å². The van der Waals surface area contributed by atoms with Crippen LogP contribution in [0.3, 0.4) is 0 Å². The Balaban J connectivity index is 1.86. The SMILES string of the molecule is CC1C(N)CCC(c2nc(C3(C)CCCO3)no2)C1(C)C. The molecule has 118 valence electrons. The molecule has 2 aliphatic rings. The summed E-state index contributed by atoms with van der Waals surface area (Å²) in [6, 6.07) is 0.259. The molecule has 0 radical (unpaired) electrons. The van der Waals surface area contributed by atoms with Crippen molar-refractivity contribution < 1.29 is 9.26 Å². The summed E-state index contributed by atoms with van der Waals surface area (Å²) in [6.07, 6.45) is 4.04. The standard InChI is InChI=1S/C16H27N3O2/c1-10-12(17)7-6-11(15(10,2)3)13-18-14(19-21-13)16(4)8-5-9-20-16/h10-12H,5-9,17H2,1-4H3. The lowest BCUT2D eigenvalue weighted by Crippen LogP contribution is -2.45. The molecule has 1 aliphatic heterocycles. The van der Waals surface area contributed by atoms with E-state index < -0.39 is 0 Å². The van der Waals surface area contributed by atoms with E-state index in [1.807, 2.05) is 0 Å². The average molecular weight is 293 g/mol. The Bertz CT molecular complexity index is 505. The van der Waals surface area contributed by atoms with Crippen molar-refractivity contribution in [1.82, 2.24) is 10.1 Å². The molecular weight excluding hydrogens is 266 g/mol. The average Bonchev–Trinajstić information content (AvgIpc) is 3.06. The topological polar surface area (TPSA) is 74.2 Å². The summed E-state index contributed by atoms with van der Waals surface area (Å²) in [6.45, 7) is 9.59. The molecule has 5 nitrogen and oxygen atoms in total. The van der Waals surface area contributed by atoms with Gasteiger partial charge in [-0.2, -0.15) is 4.98 Å². The first-order valence-electron chi connectivity index (χ1n) is 8.08. The van der Waals surface area contributed by atoms with Crippen LogP contribution in [0.2, 0.25) is 0 Å². The fourth-order valence-corrected chi connectivity index (χ4v) is 3.84. The molecule has 0 amide bonds. The van der Waals surface area contributed by atoms with Gasteiger partial charge in [-0.1, -0.05) is 25.9 Å². The lowest BCUT2D eigenvalue weighted by molar-refractivity contribution is 0.00768. The molecule has 4 atom stereocenters. The smallest absolute Gasteiger partial charge is 0.230 e. The maximum Gasteiger partial charge on any atom is 0.230 e. The van der Waals surface area contributed by atoms with Crippen molar-refractivity contribution in [3.8, 4) is 0 Å². The maximum atomic E-state index is 6.23. The Kier molecular flexibility index (Phi) is 3.61. The van der Waals surface area contributed by atoms with Gasteiger partial charge in [-0.3, -0.25) is 0 Å². The first kappa shape index (κ1) is 15.0. The molecule has 4 unspecified atom stereocenters. The van der Waals surface area contributed by atoms with Gasteiger partial charge in [0.25, 0.3) is 0 Å². The monoisotopic (exact) mass is 293 g/mol. The largest absolute Gasteiger partial charge is 0.367 e. The number of hydrogen-bond acceptors (Lipinski definition) is 5. The summed E-state index contributed by atoms with van der Waals surface area (Å²) in [5.74, 6) is 2.17. The van der Waals surface area contributed by atoms with Crippen LogP contribution < -0.4 is 5.73 Å². The second-order valence-electron chi connectivity index (χ2n) is 7.54. The van der Waals surface area contributed by atoms with Crippen LogP contribution in [0.15, 0.2) is 4.52 Å². The zero-order valence-electron chi connectivity index (χ0n) is 13.6. The van der Waals surface area contributed by atoms with Gasteiger partial charge in [0.2, 0.25) is 11.7 Å². The number of rotatable bonds is 2. The third-order valence-electron chi connectivity index (χ3n) is 5.93. The van der Waals surface area contributed by atoms with Crippen LogP contribution in [0.5, 0.6) is 0 Å². The number of nitrogens with zero attached hydrogens (tertiary/aromatic N) is 2. The fourth-order valence-electron chi connectivity index (χ4n) is 3.84. The molecule has 21 heavy (non-hydrogen) atoms. The molecule has 1 aromatic heterocycles. The third kappa shape index (κ3) is 2.40. The highest BCUT2D eigenvalue weighted by Crippen LogP contribution is 2.49. The minimum absolute atomic E-state index is 0.0684. The molecule has 5 heteroatoms. The second kappa shape index (κ2) is 5.06. The van der Waals surface area contributed by atoms with E-state index in [2.05, 4.69) is 32.9 Å². The van der Waals surface area contributed by atoms with E-state index in [0.29, 0.717) is 11.7 Å². The summed E-state index contributed by atoms with van der Waals surface area (Å²) in [5, 5.41) is 4.21. The second-order valence-corrected chi connectivity index (χ2v) is 7.54. The summed E-state index contributed by atoms with van der Waals surface area (Å²) in [4.78, 5) is 4.70. The molecule has 0 aromatic carbocycles. The first-order chi connectivity index (χ1) is 9.84. The molecule has 2 fully saturated rings. The predicted molar refractivity (Wildman–Crippen MR) is 79.7 cm³/mol. The minimum atomic E-state index is -0.372. The third-order valence-corrected chi connectivity index (χ3v) is 5.93. The fraction of sp³-hybridized carbons (Fsp3) is 0.875. The van der Waals surface area contributed by atoms with Crippen LogP contribution in [0.4, 0.5) is 0 Å². The van der Waals surface area contributed by atoms with Crippen molar-refractivity contribution in [2.24, 2.45) is 17.1 Å². The van der Waals surface area contributed by atoms with Crippen molar-refractivity contribution in [3.05, 3.63) is 11.7 Å². The Labute approximate surface area is 126 Å². The van der Waals surface area contributed by atoms with Gasteiger partial charge in [-0.15, -0.1) is 0 Å². The van der Waals surface area contributed by atoms with E-state index in [-0.39, 0.29) is 23.0 Å². The molecule has 1 aromatic rings. The van der Waals surface area contributed by atoms with Gasteiger partial charge in [-0.05, 0) is 43.9 Å². The molecule has 0 spiro atoms. The molecule has 1 aliphatic carbocycles. The van der Waals surface area contributed by atoms with E-state index >= 15 is 0 Å². The Morgan fingerprint density at radius 3 is 2.67 bits per heavy atom. The van der Waals surface area contributed by atoms with Crippen LogP contribution in [0, 0.1) is 11.3 Å². The van der Waals surface area contributed by atoms with Gasteiger partial charge in [-0.25, -0.2) is 0 Å². The summed E-state index contributed by atoms with van der Waals surface area (Å²) < 4.78 is 11.4. The van der Waals surface area contributed by atoms with Crippen LogP contribution in [-0.2, 0) is 10.3 Å².